The lowest BCUT2D eigenvalue weighted by Gasteiger charge is -2.20. The van der Waals surface area contributed by atoms with E-state index >= 15 is 0 Å². The molecule has 1 aliphatic rings. The average molecular weight is 416 g/mol. The Balaban J connectivity index is 1.62. The van der Waals surface area contributed by atoms with Gasteiger partial charge >= 0.3 is 6.09 Å². The van der Waals surface area contributed by atoms with E-state index in [0.717, 1.165) is 11.1 Å². The van der Waals surface area contributed by atoms with Crippen molar-refractivity contribution < 1.29 is 22.7 Å². The summed E-state index contributed by atoms with van der Waals surface area (Å²) < 4.78 is 28.5. The van der Waals surface area contributed by atoms with Crippen LogP contribution in [0.15, 0.2) is 60.7 Å². The summed E-state index contributed by atoms with van der Waals surface area (Å²) in [4.78, 5) is 25.0. The van der Waals surface area contributed by atoms with Gasteiger partial charge in [-0.3, -0.25) is 4.79 Å². The maximum absolute atomic E-state index is 12.7. The largest absolute Gasteiger partial charge is 0.445 e. The van der Waals surface area contributed by atoms with Crippen molar-refractivity contribution in [2.45, 2.75) is 31.5 Å². The lowest BCUT2D eigenvalue weighted by Crippen LogP contribution is -2.51. The van der Waals surface area contributed by atoms with E-state index in [1.807, 2.05) is 60.7 Å². The average Bonchev–Trinajstić information content (AvgIpc) is 3.05. The molecule has 0 unspecified atom stereocenters. The zero-order chi connectivity index (χ0) is 20.7. The second-order valence-electron chi connectivity index (χ2n) is 7.06. The number of benzene rings is 2. The predicted octanol–water partition coefficient (Wildman–Crippen LogP) is 1.83. The molecule has 2 aromatic rings. The van der Waals surface area contributed by atoms with Crippen molar-refractivity contribution in [3.63, 3.8) is 0 Å². The highest BCUT2D eigenvalue weighted by Gasteiger charge is 2.31. The number of alkyl carbamates (subject to hydrolysis) is 1. The van der Waals surface area contributed by atoms with Crippen LogP contribution in [0, 0.1) is 0 Å². The maximum atomic E-state index is 12.7. The monoisotopic (exact) mass is 416 g/mol. The van der Waals surface area contributed by atoms with Crippen molar-refractivity contribution in [2.24, 2.45) is 0 Å². The minimum absolute atomic E-state index is 0.0633. The predicted molar refractivity (Wildman–Crippen MR) is 109 cm³/mol. The number of carbonyl (C=O) groups excluding carboxylic acids is 2. The van der Waals surface area contributed by atoms with E-state index in [0.29, 0.717) is 6.42 Å². The Morgan fingerprint density at radius 2 is 1.62 bits per heavy atom. The topological polar surface area (TPSA) is 102 Å². The summed E-state index contributed by atoms with van der Waals surface area (Å²) in [6, 6.07) is 17.2. The molecule has 7 nitrogen and oxygen atoms in total. The van der Waals surface area contributed by atoms with Gasteiger partial charge in [-0.05, 0) is 17.5 Å². The Labute approximate surface area is 170 Å². The van der Waals surface area contributed by atoms with Crippen LogP contribution in [0.4, 0.5) is 4.79 Å². The molecule has 0 saturated carbocycles. The first-order chi connectivity index (χ1) is 13.9. The van der Waals surface area contributed by atoms with E-state index in [4.69, 9.17) is 4.74 Å². The van der Waals surface area contributed by atoms with Crippen LogP contribution in [0.25, 0.3) is 0 Å². The van der Waals surface area contributed by atoms with Crippen molar-refractivity contribution in [3.05, 3.63) is 71.8 Å². The van der Waals surface area contributed by atoms with Crippen molar-refractivity contribution in [1.82, 2.24) is 10.6 Å². The van der Waals surface area contributed by atoms with E-state index in [2.05, 4.69) is 10.6 Å². The van der Waals surface area contributed by atoms with Gasteiger partial charge in [0, 0.05) is 12.5 Å². The molecule has 1 saturated heterocycles. The number of ether oxygens (including phenoxy) is 1. The molecule has 0 spiro atoms. The smallest absolute Gasteiger partial charge is 0.408 e. The first kappa shape index (κ1) is 20.9. The van der Waals surface area contributed by atoms with Gasteiger partial charge in [-0.2, -0.15) is 0 Å². The summed E-state index contributed by atoms with van der Waals surface area (Å²) in [5.41, 5.74) is 1.71. The summed E-state index contributed by atoms with van der Waals surface area (Å²) >= 11 is 0. The fourth-order valence-electron chi connectivity index (χ4n) is 3.18. The highest BCUT2D eigenvalue weighted by atomic mass is 32.2. The Hall–Kier alpha value is -2.87. The number of amides is 2. The SMILES string of the molecule is O=C(N[C@@H](Cc1ccccc1)C(=O)N[C@@H]1CCS(=O)(=O)C1)OCc1ccccc1. The van der Waals surface area contributed by atoms with E-state index in [9.17, 15) is 18.0 Å². The summed E-state index contributed by atoms with van der Waals surface area (Å²) in [6.07, 6.45) is -0.0547. The van der Waals surface area contributed by atoms with Gasteiger partial charge in [0.2, 0.25) is 5.91 Å². The van der Waals surface area contributed by atoms with Gasteiger partial charge in [-0.25, -0.2) is 13.2 Å². The lowest BCUT2D eigenvalue weighted by molar-refractivity contribution is -0.123. The lowest BCUT2D eigenvalue weighted by atomic mass is 10.0. The zero-order valence-corrected chi connectivity index (χ0v) is 16.7. The Morgan fingerprint density at radius 1 is 1.00 bits per heavy atom. The molecule has 1 aliphatic heterocycles. The highest BCUT2D eigenvalue weighted by molar-refractivity contribution is 7.91. The molecule has 1 fully saturated rings. The van der Waals surface area contributed by atoms with Crippen molar-refractivity contribution in [2.75, 3.05) is 11.5 Å². The van der Waals surface area contributed by atoms with Gasteiger partial charge in [0.15, 0.2) is 9.84 Å². The molecule has 0 radical (unpaired) electrons. The molecule has 2 amide bonds. The number of carbonyl (C=O) groups is 2. The number of nitrogens with one attached hydrogen (secondary N) is 2. The molecule has 3 rings (SSSR count). The van der Waals surface area contributed by atoms with E-state index in [1.165, 1.54) is 0 Å². The van der Waals surface area contributed by atoms with Crippen molar-refractivity contribution >= 4 is 21.8 Å². The van der Waals surface area contributed by atoms with Crippen LogP contribution < -0.4 is 10.6 Å². The number of rotatable bonds is 7. The number of hydrogen-bond donors (Lipinski definition) is 2. The minimum atomic E-state index is -3.11. The molecule has 2 atom stereocenters. The zero-order valence-electron chi connectivity index (χ0n) is 15.9. The third kappa shape index (κ3) is 6.60. The Bertz CT molecular complexity index is 932. The fraction of sp³-hybridized carbons (Fsp3) is 0.333. The van der Waals surface area contributed by atoms with Crippen LogP contribution in [0.5, 0.6) is 0 Å². The number of hydrogen-bond acceptors (Lipinski definition) is 5. The van der Waals surface area contributed by atoms with Gasteiger partial charge < -0.3 is 15.4 Å². The Kier molecular flexibility index (Phi) is 6.87. The van der Waals surface area contributed by atoms with E-state index < -0.39 is 33.9 Å². The van der Waals surface area contributed by atoms with Gasteiger partial charge in [-0.15, -0.1) is 0 Å². The van der Waals surface area contributed by atoms with Crippen LogP contribution in [0.1, 0.15) is 17.5 Å². The molecule has 2 N–H and O–H groups in total. The molecule has 1 heterocycles. The quantitative estimate of drug-likeness (QED) is 0.717. The van der Waals surface area contributed by atoms with Crippen LogP contribution in [-0.4, -0.2) is 44.0 Å². The van der Waals surface area contributed by atoms with Crippen LogP contribution in [0.3, 0.4) is 0 Å². The van der Waals surface area contributed by atoms with Gasteiger partial charge in [0.25, 0.3) is 0 Å². The van der Waals surface area contributed by atoms with Gasteiger partial charge in [0.1, 0.15) is 12.6 Å². The standard InChI is InChI=1S/C21H24N2O5S/c24-20(22-18-11-12-29(26,27)15-18)19(13-16-7-3-1-4-8-16)23-21(25)28-14-17-9-5-2-6-10-17/h1-10,18-19H,11-15H2,(H,22,24)(H,23,25)/t18-,19+/m1/s1. The van der Waals surface area contributed by atoms with Crippen LogP contribution in [0.2, 0.25) is 0 Å². The second kappa shape index (κ2) is 9.56. The molecule has 0 aliphatic carbocycles. The molecule has 0 aromatic heterocycles. The highest BCUT2D eigenvalue weighted by Crippen LogP contribution is 2.12. The molecule has 154 valence electrons. The third-order valence-electron chi connectivity index (χ3n) is 4.68. The van der Waals surface area contributed by atoms with Crippen LogP contribution >= 0.6 is 0 Å². The third-order valence-corrected chi connectivity index (χ3v) is 6.45. The first-order valence-electron chi connectivity index (χ1n) is 9.43. The van der Waals surface area contributed by atoms with Crippen molar-refractivity contribution in [3.8, 4) is 0 Å². The molecule has 2 aromatic carbocycles. The molecule has 29 heavy (non-hydrogen) atoms. The summed E-state index contributed by atoms with van der Waals surface area (Å²) in [6.45, 7) is 0.0905. The first-order valence-corrected chi connectivity index (χ1v) is 11.3. The normalized spacial score (nSPS) is 18.6. The second-order valence-corrected chi connectivity index (χ2v) is 9.29. The summed E-state index contributed by atoms with van der Waals surface area (Å²) in [5, 5.41) is 5.35. The summed E-state index contributed by atoms with van der Waals surface area (Å²) in [5.74, 6) is -0.434. The fourth-order valence-corrected chi connectivity index (χ4v) is 4.85. The minimum Gasteiger partial charge on any atom is -0.445 e. The van der Waals surface area contributed by atoms with Gasteiger partial charge in [0.05, 0.1) is 11.5 Å². The van der Waals surface area contributed by atoms with E-state index in [-0.39, 0.29) is 24.5 Å². The summed E-state index contributed by atoms with van der Waals surface area (Å²) in [7, 11) is -3.11. The molecule has 8 heteroatoms. The van der Waals surface area contributed by atoms with Crippen molar-refractivity contribution in [1.29, 1.82) is 0 Å². The molecular weight excluding hydrogens is 392 g/mol. The van der Waals surface area contributed by atoms with Gasteiger partial charge in [-0.1, -0.05) is 60.7 Å². The maximum Gasteiger partial charge on any atom is 0.408 e. The molecule has 0 bridgehead atoms. The molecular formula is C21H24N2O5S. The van der Waals surface area contributed by atoms with Crippen LogP contribution in [-0.2, 0) is 32.4 Å². The van der Waals surface area contributed by atoms with E-state index in [1.54, 1.807) is 0 Å². The Morgan fingerprint density at radius 3 is 2.21 bits per heavy atom. The number of sulfone groups is 1.